The maximum Gasteiger partial charge on any atom is 0.0610 e. The maximum atomic E-state index is 4.29. The van der Waals surface area contributed by atoms with E-state index in [4.69, 9.17) is 0 Å². The first-order chi connectivity index (χ1) is 9.02. The second-order valence-electron chi connectivity index (χ2n) is 5.23. The van der Waals surface area contributed by atoms with Crippen molar-refractivity contribution in [3.05, 3.63) is 52.3 Å². The molecule has 0 aliphatic rings. The fraction of sp³-hybridized carbons (Fsp3) is 0.438. The van der Waals surface area contributed by atoms with Crippen LogP contribution in [0.5, 0.6) is 0 Å². The van der Waals surface area contributed by atoms with Gasteiger partial charge in [0.25, 0.3) is 0 Å². The Bertz CT molecular complexity index is 569. The minimum atomic E-state index is 0.220. The minimum Gasteiger partial charge on any atom is -0.306 e. The van der Waals surface area contributed by atoms with Gasteiger partial charge in [-0.25, -0.2) is 0 Å². The van der Waals surface area contributed by atoms with Crippen LogP contribution < -0.4 is 5.32 Å². The van der Waals surface area contributed by atoms with Crippen molar-refractivity contribution in [2.75, 3.05) is 6.54 Å². The van der Waals surface area contributed by atoms with Crippen molar-refractivity contribution in [1.29, 1.82) is 0 Å². The van der Waals surface area contributed by atoms with E-state index >= 15 is 0 Å². The summed E-state index contributed by atoms with van der Waals surface area (Å²) in [6, 6.07) is 4.79. The second-order valence-corrected chi connectivity index (χ2v) is 5.23. The Balaban J connectivity index is 2.47. The van der Waals surface area contributed by atoms with Gasteiger partial charge in [-0.1, -0.05) is 19.1 Å². The van der Waals surface area contributed by atoms with Crippen molar-refractivity contribution in [1.82, 2.24) is 15.1 Å². The quantitative estimate of drug-likeness (QED) is 0.912. The molecule has 1 aromatic heterocycles. The normalized spacial score (nSPS) is 12.7. The lowest BCUT2D eigenvalue weighted by Gasteiger charge is -2.20. The molecule has 19 heavy (non-hydrogen) atoms. The summed E-state index contributed by atoms with van der Waals surface area (Å²) in [5.74, 6) is 0. The molecule has 1 atom stereocenters. The molecule has 0 saturated heterocycles. The van der Waals surface area contributed by atoms with Gasteiger partial charge in [0.15, 0.2) is 0 Å². The second kappa shape index (κ2) is 5.57. The highest BCUT2D eigenvalue weighted by molar-refractivity contribution is 5.41. The Labute approximate surface area is 115 Å². The van der Waals surface area contributed by atoms with E-state index < -0.39 is 0 Å². The molecule has 3 nitrogen and oxygen atoms in total. The summed E-state index contributed by atoms with van der Waals surface area (Å²) in [7, 11) is 1.96. The average Bonchev–Trinajstić information content (AvgIpc) is 2.78. The summed E-state index contributed by atoms with van der Waals surface area (Å²) in [5, 5.41) is 7.85. The van der Waals surface area contributed by atoms with Crippen LogP contribution in [0.4, 0.5) is 0 Å². The molecular weight excluding hydrogens is 234 g/mol. The molecule has 2 aromatic rings. The van der Waals surface area contributed by atoms with Gasteiger partial charge in [0.1, 0.15) is 0 Å². The predicted molar refractivity (Wildman–Crippen MR) is 79.4 cm³/mol. The first kappa shape index (κ1) is 13.8. The summed E-state index contributed by atoms with van der Waals surface area (Å²) in [4.78, 5) is 0. The van der Waals surface area contributed by atoms with Gasteiger partial charge in [-0.2, -0.15) is 5.10 Å². The summed E-state index contributed by atoms with van der Waals surface area (Å²) in [6.07, 6.45) is 4.03. The van der Waals surface area contributed by atoms with Gasteiger partial charge in [0.2, 0.25) is 0 Å². The molecule has 0 amide bonds. The van der Waals surface area contributed by atoms with Crippen LogP contribution in [0.15, 0.2) is 24.5 Å². The van der Waals surface area contributed by atoms with Crippen molar-refractivity contribution >= 4 is 0 Å². The summed E-state index contributed by atoms with van der Waals surface area (Å²) in [5.41, 5.74) is 6.58. The first-order valence-corrected chi connectivity index (χ1v) is 6.82. The number of nitrogens with one attached hydrogen (secondary N) is 1. The summed E-state index contributed by atoms with van der Waals surface area (Å²) in [6.45, 7) is 9.59. The van der Waals surface area contributed by atoms with Gasteiger partial charge in [0.05, 0.1) is 12.2 Å². The van der Waals surface area contributed by atoms with Gasteiger partial charge < -0.3 is 5.32 Å². The van der Waals surface area contributed by atoms with Crippen LogP contribution >= 0.6 is 0 Å². The lowest BCUT2D eigenvalue weighted by atomic mass is 9.93. The number of aryl methyl sites for hydroxylation is 4. The topological polar surface area (TPSA) is 29.9 Å². The van der Waals surface area contributed by atoms with E-state index in [-0.39, 0.29) is 6.04 Å². The van der Waals surface area contributed by atoms with Gasteiger partial charge in [-0.05, 0) is 49.6 Å². The SMILES string of the molecule is CCNC(c1cnn(C)c1)c1cc(C)c(C)cc1C. The van der Waals surface area contributed by atoms with Gasteiger partial charge >= 0.3 is 0 Å². The smallest absolute Gasteiger partial charge is 0.0610 e. The molecule has 0 radical (unpaired) electrons. The van der Waals surface area contributed by atoms with Gasteiger partial charge in [-0.15, -0.1) is 0 Å². The molecule has 3 heteroatoms. The number of benzene rings is 1. The fourth-order valence-electron chi connectivity index (χ4n) is 2.49. The first-order valence-electron chi connectivity index (χ1n) is 6.82. The van der Waals surface area contributed by atoms with Crippen LogP contribution in [0.2, 0.25) is 0 Å². The predicted octanol–water partition coefficient (Wildman–Crippen LogP) is 3.04. The average molecular weight is 257 g/mol. The van der Waals surface area contributed by atoms with Gasteiger partial charge in [-0.3, -0.25) is 4.68 Å². The molecule has 1 unspecified atom stereocenters. The number of nitrogens with zero attached hydrogens (tertiary/aromatic N) is 2. The van der Waals surface area contributed by atoms with Crippen molar-refractivity contribution < 1.29 is 0 Å². The Hall–Kier alpha value is -1.61. The molecule has 1 heterocycles. The molecule has 0 aliphatic carbocycles. The van der Waals surface area contributed by atoms with Crippen molar-refractivity contribution in [2.45, 2.75) is 33.7 Å². The van der Waals surface area contributed by atoms with Crippen molar-refractivity contribution in [3.8, 4) is 0 Å². The molecule has 0 saturated carbocycles. The Morgan fingerprint density at radius 3 is 2.42 bits per heavy atom. The highest BCUT2D eigenvalue weighted by Gasteiger charge is 2.17. The van der Waals surface area contributed by atoms with E-state index in [1.54, 1.807) is 0 Å². The molecule has 0 fully saturated rings. The zero-order valence-electron chi connectivity index (χ0n) is 12.5. The van der Waals surface area contributed by atoms with E-state index in [1.165, 1.54) is 27.8 Å². The largest absolute Gasteiger partial charge is 0.306 e. The standard InChI is InChI=1S/C16H23N3/c1-6-17-16(14-9-18-19(5)10-14)15-8-12(3)11(2)7-13(15)4/h7-10,16-17H,6H2,1-5H3. The van der Waals surface area contributed by atoms with Crippen LogP contribution in [0.25, 0.3) is 0 Å². The van der Waals surface area contributed by atoms with Gasteiger partial charge in [0, 0.05) is 18.8 Å². The molecule has 102 valence electrons. The van der Waals surface area contributed by atoms with E-state index in [9.17, 15) is 0 Å². The fourth-order valence-corrected chi connectivity index (χ4v) is 2.49. The number of aromatic nitrogens is 2. The monoisotopic (exact) mass is 257 g/mol. The Kier molecular flexibility index (Phi) is 4.05. The van der Waals surface area contributed by atoms with Crippen molar-refractivity contribution in [2.24, 2.45) is 7.05 Å². The third-order valence-electron chi connectivity index (χ3n) is 3.66. The zero-order valence-corrected chi connectivity index (χ0v) is 12.5. The summed E-state index contributed by atoms with van der Waals surface area (Å²) >= 11 is 0. The van der Waals surface area contributed by atoms with Crippen LogP contribution in [0.1, 0.15) is 40.8 Å². The van der Waals surface area contributed by atoms with E-state index in [2.05, 4.69) is 56.4 Å². The van der Waals surface area contributed by atoms with E-state index in [0.717, 1.165) is 6.54 Å². The van der Waals surface area contributed by atoms with Crippen molar-refractivity contribution in [3.63, 3.8) is 0 Å². The maximum absolute atomic E-state index is 4.29. The molecule has 0 aliphatic heterocycles. The van der Waals surface area contributed by atoms with Crippen LogP contribution in [-0.2, 0) is 7.05 Å². The molecule has 1 N–H and O–H groups in total. The van der Waals surface area contributed by atoms with Crippen LogP contribution in [0, 0.1) is 20.8 Å². The van der Waals surface area contributed by atoms with E-state index in [0.29, 0.717) is 0 Å². The number of rotatable bonds is 4. The highest BCUT2D eigenvalue weighted by Crippen LogP contribution is 2.27. The van der Waals surface area contributed by atoms with E-state index in [1.807, 2.05) is 17.9 Å². The van der Waals surface area contributed by atoms with Crippen LogP contribution in [-0.4, -0.2) is 16.3 Å². The molecule has 1 aromatic carbocycles. The number of hydrogen-bond acceptors (Lipinski definition) is 2. The number of hydrogen-bond donors (Lipinski definition) is 1. The Morgan fingerprint density at radius 2 is 1.84 bits per heavy atom. The molecular formula is C16H23N3. The lowest BCUT2D eigenvalue weighted by molar-refractivity contribution is 0.626. The molecule has 2 rings (SSSR count). The third kappa shape index (κ3) is 2.87. The lowest BCUT2D eigenvalue weighted by Crippen LogP contribution is -2.22. The minimum absolute atomic E-state index is 0.220. The highest BCUT2D eigenvalue weighted by atomic mass is 15.2. The summed E-state index contributed by atoms with van der Waals surface area (Å²) < 4.78 is 1.86. The molecule has 0 spiro atoms. The molecule has 0 bridgehead atoms. The third-order valence-corrected chi connectivity index (χ3v) is 3.66. The zero-order chi connectivity index (χ0) is 14.0. The van der Waals surface area contributed by atoms with Crippen LogP contribution in [0.3, 0.4) is 0 Å². The Morgan fingerprint density at radius 1 is 1.16 bits per heavy atom.